The molecule has 1 saturated heterocycles. The number of carbonyl (C=O) groups is 2. The number of amides is 1. The predicted octanol–water partition coefficient (Wildman–Crippen LogP) is 2.47. The number of aryl methyl sites for hydroxylation is 1. The van der Waals surface area contributed by atoms with Crippen LogP contribution in [0.3, 0.4) is 0 Å². The molecule has 0 aromatic carbocycles. The van der Waals surface area contributed by atoms with E-state index in [0.29, 0.717) is 29.4 Å². The Kier molecular flexibility index (Phi) is 4.12. The molecule has 0 spiro atoms. The highest BCUT2D eigenvalue weighted by molar-refractivity contribution is 6.31. The van der Waals surface area contributed by atoms with Gasteiger partial charge in [-0.3, -0.25) is 9.89 Å². The number of carbonyl (C=O) groups excluding carboxylic acids is 1. The molecule has 7 nitrogen and oxygen atoms in total. The Bertz CT molecular complexity index is 752. The molecule has 0 radical (unpaired) electrons. The van der Waals surface area contributed by atoms with Crippen molar-refractivity contribution in [2.24, 2.45) is 7.05 Å². The number of hydrogen-bond acceptors (Lipinski definition) is 3. The highest BCUT2D eigenvalue weighted by Crippen LogP contribution is 2.33. The minimum atomic E-state index is -1.05. The Morgan fingerprint density at radius 1 is 1.43 bits per heavy atom. The van der Waals surface area contributed by atoms with Gasteiger partial charge in [-0.25, -0.2) is 4.79 Å². The first-order valence-electron chi connectivity index (χ1n) is 7.38. The highest BCUT2D eigenvalue weighted by atomic mass is 35.5. The molecule has 2 aromatic heterocycles. The molecule has 23 heavy (non-hydrogen) atoms. The van der Waals surface area contributed by atoms with Gasteiger partial charge < -0.3 is 14.6 Å². The van der Waals surface area contributed by atoms with E-state index in [9.17, 15) is 14.7 Å². The van der Waals surface area contributed by atoms with Gasteiger partial charge in [0.05, 0.1) is 23.0 Å². The number of carboxylic acid groups (broad SMARTS) is 1. The topological polar surface area (TPSA) is 91.2 Å². The minimum absolute atomic E-state index is 0.111. The fourth-order valence-electron chi connectivity index (χ4n) is 3.08. The van der Waals surface area contributed by atoms with Gasteiger partial charge in [0.25, 0.3) is 5.91 Å². The summed E-state index contributed by atoms with van der Waals surface area (Å²) in [6.45, 7) is 0.574. The Morgan fingerprint density at radius 2 is 2.22 bits per heavy atom. The minimum Gasteiger partial charge on any atom is -0.478 e. The van der Waals surface area contributed by atoms with Gasteiger partial charge in [-0.05, 0) is 25.3 Å². The number of nitrogens with zero attached hydrogens (tertiary/aromatic N) is 3. The summed E-state index contributed by atoms with van der Waals surface area (Å²) < 4.78 is 1.68. The molecule has 8 heteroatoms. The molecule has 1 aliphatic rings. The van der Waals surface area contributed by atoms with Crippen LogP contribution in [-0.2, 0) is 7.05 Å². The maximum Gasteiger partial charge on any atom is 0.339 e. The molecular weight excluding hydrogens is 320 g/mol. The molecule has 1 unspecified atom stereocenters. The van der Waals surface area contributed by atoms with E-state index in [1.807, 2.05) is 0 Å². The lowest BCUT2D eigenvalue weighted by Gasteiger charge is -2.35. The molecular formula is C15H17ClN4O3. The van der Waals surface area contributed by atoms with Crippen LogP contribution in [0.2, 0.25) is 5.02 Å². The van der Waals surface area contributed by atoms with Gasteiger partial charge in [-0.15, -0.1) is 0 Å². The molecule has 1 aliphatic heterocycles. The van der Waals surface area contributed by atoms with E-state index in [4.69, 9.17) is 11.6 Å². The summed E-state index contributed by atoms with van der Waals surface area (Å²) in [7, 11) is 1.76. The van der Waals surface area contributed by atoms with Crippen molar-refractivity contribution in [2.45, 2.75) is 25.3 Å². The molecule has 122 valence electrons. The molecule has 2 N–H and O–H groups in total. The second-order valence-corrected chi connectivity index (χ2v) is 6.10. The summed E-state index contributed by atoms with van der Waals surface area (Å²) in [5.74, 6) is -1.20. The van der Waals surface area contributed by atoms with Gasteiger partial charge in [0.2, 0.25) is 0 Å². The fourth-order valence-corrected chi connectivity index (χ4v) is 3.33. The Hall–Kier alpha value is -2.28. The molecule has 3 rings (SSSR count). The zero-order chi connectivity index (χ0) is 16.6. The third-order valence-corrected chi connectivity index (χ3v) is 4.39. The number of aromatic nitrogens is 3. The molecule has 3 heterocycles. The number of H-pyrrole nitrogens is 1. The maximum atomic E-state index is 12.9. The molecule has 1 amide bonds. The average molecular weight is 337 g/mol. The van der Waals surface area contributed by atoms with Crippen molar-refractivity contribution in [3.05, 3.63) is 40.4 Å². The SMILES string of the molecule is Cn1cc(Cl)cc1C(=O)N1CCCCC1c1[nH]ncc1C(=O)O. The smallest absolute Gasteiger partial charge is 0.339 e. The predicted molar refractivity (Wildman–Crippen MR) is 83.6 cm³/mol. The van der Waals surface area contributed by atoms with Crippen LogP contribution in [0.4, 0.5) is 0 Å². The summed E-state index contributed by atoms with van der Waals surface area (Å²) in [6, 6.07) is 1.30. The van der Waals surface area contributed by atoms with Crippen LogP contribution in [0.25, 0.3) is 0 Å². The lowest BCUT2D eigenvalue weighted by molar-refractivity contribution is 0.0581. The van der Waals surface area contributed by atoms with Crippen molar-refractivity contribution in [3.63, 3.8) is 0 Å². The van der Waals surface area contributed by atoms with Gasteiger partial charge in [0.1, 0.15) is 11.3 Å². The molecule has 1 fully saturated rings. The zero-order valence-corrected chi connectivity index (χ0v) is 13.4. The summed E-state index contributed by atoms with van der Waals surface area (Å²) >= 11 is 5.97. The van der Waals surface area contributed by atoms with E-state index in [-0.39, 0.29) is 17.5 Å². The number of aromatic carboxylic acids is 1. The van der Waals surface area contributed by atoms with Crippen LogP contribution in [0.1, 0.15) is 51.8 Å². The zero-order valence-electron chi connectivity index (χ0n) is 12.6. The number of carboxylic acids is 1. The standard InChI is InChI=1S/C15H17ClN4O3/c1-19-8-9(16)6-12(19)14(21)20-5-3-2-4-11(20)13-10(15(22)23)7-17-18-13/h6-8,11H,2-5H2,1H3,(H,17,18)(H,22,23). The largest absolute Gasteiger partial charge is 0.478 e. The van der Waals surface area contributed by atoms with Crippen LogP contribution in [0, 0.1) is 0 Å². The molecule has 0 bridgehead atoms. The van der Waals surface area contributed by atoms with Crippen LogP contribution >= 0.6 is 11.6 Å². The van der Waals surface area contributed by atoms with E-state index in [0.717, 1.165) is 12.8 Å². The van der Waals surface area contributed by atoms with E-state index < -0.39 is 5.97 Å². The van der Waals surface area contributed by atoms with Crippen molar-refractivity contribution in [3.8, 4) is 0 Å². The van der Waals surface area contributed by atoms with E-state index >= 15 is 0 Å². The normalized spacial score (nSPS) is 18.2. The summed E-state index contributed by atoms with van der Waals surface area (Å²) in [5.41, 5.74) is 1.07. The first-order valence-corrected chi connectivity index (χ1v) is 7.76. The first kappa shape index (κ1) is 15.6. The second-order valence-electron chi connectivity index (χ2n) is 5.67. The molecule has 0 saturated carbocycles. The van der Waals surface area contributed by atoms with Gasteiger partial charge in [-0.1, -0.05) is 11.6 Å². The van der Waals surface area contributed by atoms with Gasteiger partial charge in [-0.2, -0.15) is 5.10 Å². The average Bonchev–Trinajstić information content (AvgIpc) is 3.13. The number of likely N-dealkylation sites (tertiary alicyclic amines) is 1. The lowest BCUT2D eigenvalue weighted by Crippen LogP contribution is -2.40. The molecule has 0 aliphatic carbocycles. The van der Waals surface area contributed by atoms with E-state index in [2.05, 4.69) is 10.2 Å². The summed E-state index contributed by atoms with van der Waals surface area (Å²) in [6.07, 6.45) is 5.48. The number of piperidine rings is 1. The summed E-state index contributed by atoms with van der Waals surface area (Å²) in [5, 5.41) is 16.4. The number of hydrogen-bond donors (Lipinski definition) is 2. The fraction of sp³-hybridized carbons (Fsp3) is 0.400. The number of halogens is 1. The van der Waals surface area contributed by atoms with Gasteiger partial charge in [0, 0.05) is 19.8 Å². The molecule has 1 atom stereocenters. The first-order chi connectivity index (χ1) is 11.0. The van der Waals surface area contributed by atoms with Crippen molar-refractivity contribution in [1.29, 1.82) is 0 Å². The van der Waals surface area contributed by atoms with E-state index in [1.165, 1.54) is 6.20 Å². The van der Waals surface area contributed by atoms with E-state index in [1.54, 1.807) is 28.8 Å². The lowest BCUT2D eigenvalue weighted by atomic mass is 9.96. The van der Waals surface area contributed by atoms with Gasteiger partial charge >= 0.3 is 5.97 Å². The van der Waals surface area contributed by atoms with Crippen molar-refractivity contribution in [1.82, 2.24) is 19.7 Å². The maximum absolute atomic E-state index is 12.9. The molecule has 2 aromatic rings. The van der Waals surface area contributed by atoms with Crippen LogP contribution in [0.15, 0.2) is 18.5 Å². The van der Waals surface area contributed by atoms with Crippen molar-refractivity contribution < 1.29 is 14.7 Å². The van der Waals surface area contributed by atoms with Crippen LogP contribution < -0.4 is 0 Å². The number of nitrogens with one attached hydrogen (secondary N) is 1. The third kappa shape index (κ3) is 2.84. The number of rotatable bonds is 3. The Balaban J connectivity index is 1.96. The van der Waals surface area contributed by atoms with Crippen molar-refractivity contribution in [2.75, 3.05) is 6.54 Å². The van der Waals surface area contributed by atoms with Crippen LogP contribution in [0.5, 0.6) is 0 Å². The van der Waals surface area contributed by atoms with Crippen LogP contribution in [-0.4, -0.2) is 43.2 Å². The quantitative estimate of drug-likeness (QED) is 0.900. The summed E-state index contributed by atoms with van der Waals surface area (Å²) in [4.78, 5) is 25.9. The third-order valence-electron chi connectivity index (χ3n) is 4.19. The second kappa shape index (κ2) is 6.08. The monoisotopic (exact) mass is 336 g/mol. The Labute approximate surface area is 137 Å². The van der Waals surface area contributed by atoms with Gasteiger partial charge in [0.15, 0.2) is 0 Å². The van der Waals surface area contributed by atoms with Crippen molar-refractivity contribution >= 4 is 23.5 Å². The highest BCUT2D eigenvalue weighted by Gasteiger charge is 2.33. The Morgan fingerprint density at radius 3 is 2.87 bits per heavy atom. The number of aromatic amines is 1.